The molecule has 2 heterocycles. The van der Waals surface area contributed by atoms with Crippen LogP contribution < -0.4 is 0 Å². The molecular weight excluding hydrogens is 226 g/mol. The summed E-state index contributed by atoms with van der Waals surface area (Å²) in [5.74, 6) is 0.444. The van der Waals surface area contributed by atoms with Gasteiger partial charge in [-0.3, -0.25) is 0 Å². The summed E-state index contributed by atoms with van der Waals surface area (Å²) in [6, 6.07) is 2.39. The van der Waals surface area contributed by atoms with Crippen molar-refractivity contribution in [3.05, 3.63) is 23.7 Å². The second-order valence-electron chi connectivity index (χ2n) is 4.30. The van der Waals surface area contributed by atoms with E-state index in [9.17, 15) is 0 Å². The number of hydrogen-bond acceptors (Lipinski definition) is 3. The standard InChI is InChI=1S/C11H12ClN3O/c12-10-9-1-2-15(11(9)14-6-13-10)8-3-7(4-8)5-16/h1-2,6-8,16H,3-5H2. The summed E-state index contributed by atoms with van der Waals surface area (Å²) in [7, 11) is 0. The molecule has 2 aromatic rings. The second kappa shape index (κ2) is 3.71. The van der Waals surface area contributed by atoms with Gasteiger partial charge in [0.2, 0.25) is 0 Å². The van der Waals surface area contributed by atoms with Crippen molar-refractivity contribution in [3.8, 4) is 0 Å². The SMILES string of the molecule is OCC1CC(n2ccc3c(Cl)ncnc32)C1. The molecule has 1 N–H and O–H groups in total. The second-order valence-corrected chi connectivity index (χ2v) is 4.66. The normalized spacial score (nSPS) is 24.6. The third kappa shape index (κ3) is 1.41. The summed E-state index contributed by atoms with van der Waals surface area (Å²) in [6.07, 6.45) is 5.52. The maximum absolute atomic E-state index is 9.00. The molecule has 0 radical (unpaired) electrons. The lowest BCUT2D eigenvalue weighted by Gasteiger charge is -2.35. The Morgan fingerprint density at radius 3 is 3.00 bits per heavy atom. The largest absolute Gasteiger partial charge is 0.396 e. The van der Waals surface area contributed by atoms with E-state index >= 15 is 0 Å². The Bertz CT molecular complexity index is 519. The molecule has 1 aliphatic carbocycles. The molecule has 0 atom stereocenters. The Morgan fingerprint density at radius 1 is 1.44 bits per heavy atom. The fourth-order valence-electron chi connectivity index (χ4n) is 2.31. The van der Waals surface area contributed by atoms with Crippen molar-refractivity contribution in [1.29, 1.82) is 0 Å². The van der Waals surface area contributed by atoms with Crippen molar-refractivity contribution < 1.29 is 5.11 Å². The van der Waals surface area contributed by atoms with Crippen LogP contribution in [0.4, 0.5) is 0 Å². The van der Waals surface area contributed by atoms with Crippen LogP contribution in [0.5, 0.6) is 0 Å². The molecule has 0 spiro atoms. The van der Waals surface area contributed by atoms with Gasteiger partial charge < -0.3 is 9.67 Å². The minimum Gasteiger partial charge on any atom is -0.396 e. The van der Waals surface area contributed by atoms with Gasteiger partial charge in [0.05, 0.1) is 5.39 Å². The van der Waals surface area contributed by atoms with Crippen molar-refractivity contribution in [2.75, 3.05) is 6.61 Å². The van der Waals surface area contributed by atoms with E-state index in [2.05, 4.69) is 14.5 Å². The van der Waals surface area contributed by atoms with E-state index in [0.29, 0.717) is 17.1 Å². The van der Waals surface area contributed by atoms with Crippen LogP contribution in [0.3, 0.4) is 0 Å². The Morgan fingerprint density at radius 2 is 2.25 bits per heavy atom. The van der Waals surface area contributed by atoms with Gasteiger partial charge in [-0.15, -0.1) is 0 Å². The topological polar surface area (TPSA) is 50.9 Å². The van der Waals surface area contributed by atoms with E-state index < -0.39 is 0 Å². The zero-order valence-corrected chi connectivity index (χ0v) is 9.43. The van der Waals surface area contributed by atoms with Gasteiger partial charge in [0.25, 0.3) is 0 Å². The van der Waals surface area contributed by atoms with Gasteiger partial charge in [0, 0.05) is 18.8 Å². The lowest BCUT2D eigenvalue weighted by molar-refractivity contribution is 0.114. The molecule has 0 saturated heterocycles. The summed E-state index contributed by atoms with van der Waals surface area (Å²) in [5.41, 5.74) is 0.890. The number of hydrogen-bond donors (Lipinski definition) is 1. The summed E-state index contributed by atoms with van der Waals surface area (Å²) in [6.45, 7) is 0.283. The van der Waals surface area contributed by atoms with E-state index in [0.717, 1.165) is 23.9 Å². The molecule has 1 saturated carbocycles. The van der Waals surface area contributed by atoms with Crippen LogP contribution in [0.1, 0.15) is 18.9 Å². The molecule has 84 valence electrons. The molecular formula is C11H12ClN3O. The summed E-state index contributed by atoms with van der Waals surface area (Å²) in [4.78, 5) is 8.22. The predicted molar refractivity (Wildman–Crippen MR) is 61.4 cm³/mol. The van der Waals surface area contributed by atoms with Crippen LogP contribution >= 0.6 is 11.6 Å². The van der Waals surface area contributed by atoms with Crippen LogP contribution in [-0.2, 0) is 0 Å². The molecule has 0 unspecified atom stereocenters. The maximum atomic E-state index is 9.00. The monoisotopic (exact) mass is 237 g/mol. The highest BCUT2D eigenvalue weighted by Gasteiger charge is 2.30. The van der Waals surface area contributed by atoms with Crippen molar-refractivity contribution >= 4 is 22.6 Å². The Kier molecular flexibility index (Phi) is 2.33. The van der Waals surface area contributed by atoms with Gasteiger partial charge in [-0.05, 0) is 24.8 Å². The zero-order valence-electron chi connectivity index (χ0n) is 8.67. The van der Waals surface area contributed by atoms with E-state index in [4.69, 9.17) is 16.7 Å². The third-order valence-electron chi connectivity index (χ3n) is 3.32. The lowest BCUT2D eigenvalue weighted by Crippen LogP contribution is -2.28. The molecule has 5 heteroatoms. The molecule has 0 aliphatic heterocycles. The smallest absolute Gasteiger partial charge is 0.145 e. The van der Waals surface area contributed by atoms with E-state index in [1.54, 1.807) is 0 Å². The number of halogens is 1. The van der Waals surface area contributed by atoms with Crippen molar-refractivity contribution in [2.45, 2.75) is 18.9 Å². The minimum absolute atomic E-state index is 0.283. The average Bonchev–Trinajstić information content (AvgIpc) is 2.62. The highest BCUT2D eigenvalue weighted by Crippen LogP contribution is 2.39. The predicted octanol–water partition coefficient (Wildman–Crippen LogP) is 2.03. The molecule has 3 rings (SSSR count). The van der Waals surface area contributed by atoms with Crippen LogP contribution in [0.2, 0.25) is 5.15 Å². The number of rotatable bonds is 2. The summed E-state index contributed by atoms with van der Waals surface area (Å²) >= 11 is 5.99. The number of aliphatic hydroxyl groups excluding tert-OH is 1. The van der Waals surface area contributed by atoms with Crippen LogP contribution in [0.15, 0.2) is 18.6 Å². The fourth-order valence-corrected chi connectivity index (χ4v) is 2.50. The lowest BCUT2D eigenvalue weighted by atomic mass is 9.81. The quantitative estimate of drug-likeness (QED) is 0.814. The number of fused-ring (bicyclic) bond motifs is 1. The van der Waals surface area contributed by atoms with Crippen molar-refractivity contribution in [3.63, 3.8) is 0 Å². The van der Waals surface area contributed by atoms with E-state index in [1.165, 1.54) is 6.33 Å². The third-order valence-corrected chi connectivity index (χ3v) is 3.62. The molecule has 0 bridgehead atoms. The van der Waals surface area contributed by atoms with Gasteiger partial charge in [-0.2, -0.15) is 0 Å². The Hall–Kier alpha value is -1.13. The Balaban J connectivity index is 1.97. The van der Waals surface area contributed by atoms with Gasteiger partial charge in [0.1, 0.15) is 17.1 Å². The molecule has 0 aromatic carbocycles. The molecule has 16 heavy (non-hydrogen) atoms. The van der Waals surface area contributed by atoms with E-state index in [-0.39, 0.29) is 6.61 Å². The minimum atomic E-state index is 0.283. The molecule has 4 nitrogen and oxygen atoms in total. The van der Waals surface area contributed by atoms with Crippen molar-refractivity contribution in [1.82, 2.24) is 14.5 Å². The number of nitrogens with zero attached hydrogens (tertiary/aromatic N) is 3. The van der Waals surface area contributed by atoms with Gasteiger partial charge in [0.15, 0.2) is 0 Å². The first kappa shape index (κ1) is 10.1. The molecule has 0 amide bonds. The molecule has 1 aliphatic rings. The summed E-state index contributed by atoms with van der Waals surface area (Å²) < 4.78 is 2.13. The first-order chi connectivity index (χ1) is 7.79. The van der Waals surface area contributed by atoms with Crippen LogP contribution in [-0.4, -0.2) is 26.2 Å². The molecule has 1 fully saturated rings. The highest BCUT2D eigenvalue weighted by atomic mass is 35.5. The first-order valence-electron chi connectivity index (χ1n) is 5.37. The maximum Gasteiger partial charge on any atom is 0.145 e. The number of aromatic nitrogens is 3. The molecule has 2 aromatic heterocycles. The average molecular weight is 238 g/mol. The number of aliphatic hydroxyl groups is 1. The summed E-state index contributed by atoms with van der Waals surface area (Å²) in [5, 5.41) is 10.4. The zero-order chi connectivity index (χ0) is 11.1. The Labute approximate surface area is 97.9 Å². The van der Waals surface area contributed by atoms with Crippen LogP contribution in [0, 0.1) is 5.92 Å². The van der Waals surface area contributed by atoms with Crippen molar-refractivity contribution in [2.24, 2.45) is 5.92 Å². The highest BCUT2D eigenvalue weighted by molar-refractivity contribution is 6.33. The van der Waals surface area contributed by atoms with Gasteiger partial charge >= 0.3 is 0 Å². The van der Waals surface area contributed by atoms with Gasteiger partial charge in [-0.1, -0.05) is 11.6 Å². The van der Waals surface area contributed by atoms with Crippen LogP contribution in [0.25, 0.3) is 11.0 Å². The first-order valence-corrected chi connectivity index (χ1v) is 5.75. The van der Waals surface area contributed by atoms with Gasteiger partial charge in [-0.25, -0.2) is 9.97 Å². The fraction of sp³-hybridized carbons (Fsp3) is 0.455. The van der Waals surface area contributed by atoms with E-state index in [1.807, 2.05) is 12.3 Å².